The Bertz CT molecular complexity index is 808. The molecule has 0 radical (unpaired) electrons. The van der Waals surface area contributed by atoms with Crippen molar-refractivity contribution in [2.45, 2.75) is 12.8 Å². The number of fused-ring (bicyclic) bond motifs is 2. The van der Waals surface area contributed by atoms with E-state index < -0.39 is 0 Å². The lowest BCUT2D eigenvalue weighted by Gasteiger charge is -2.38. The van der Waals surface area contributed by atoms with E-state index in [1.165, 1.54) is 16.2 Å². The molecule has 3 aliphatic carbocycles. The van der Waals surface area contributed by atoms with Crippen molar-refractivity contribution in [3.8, 4) is 0 Å². The minimum Gasteiger partial charge on any atom is -0.274 e. The van der Waals surface area contributed by atoms with Crippen LogP contribution in [0.25, 0.3) is 10.2 Å². The number of benzene rings is 1. The summed E-state index contributed by atoms with van der Waals surface area (Å²) in [5.41, 5.74) is 3.39. The summed E-state index contributed by atoms with van der Waals surface area (Å²) in [7, 11) is 0. The highest BCUT2D eigenvalue weighted by atomic mass is 32.1. The molecule has 1 saturated carbocycles. The molecule has 22 heavy (non-hydrogen) atoms. The molecule has 6 rings (SSSR count). The van der Waals surface area contributed by atoms with Gasteiger partial charge in [-0.25, -0.2) is 9.88 Å². The number of nitrogens with zero attached hydrogens (tertiary/aromatic N) is 2. The van der Waals surface area contributed by atoms with Crippen LogP contribution in [0.5, 0.6) is 0 Å². The quantitative estimate of drug-likeness (QED) is 0.601. The third-order valence-corrected chi connectivity index (χ3v) is 6.12. The van der Waals surface area contributed by atoms with Crippen LogP contribution in [0.1, 0.15) is 12.8 Å². The van der Waals surface area contributed by atoms with Crippen LogP contribution in [0.3, 0.4) is 0 Å². The molecule has 1 aliphatic heterocycles. The van der Waals surface area contributed by atoms with Crippen LogP contribution in [-0.2, 0) is 9.59 Å². The number of hydrogen-bond acceptors (Lipinski definition) is 4. The normalized spacial score (nSPS) is 33.0. The van der Waals surface area contributed by atoms with Crippen LogP contribution in [0.4, 0.5) is 5.69 Å². The molecule has 1 aromatic heterocycles. The molecule has 2 aromatic rings. The lowest BCUT2D eigenvalue weighted by atomic mass is 9.63. The summed E-state index contributed by atoms with van der Waals surface area (Å²) in [4.78, 5) is 31.4. The fraction of sp³-hybridized carbons (Fsp3) is 0.353. The largest absolute Gasteiger partial charge is 0.274 e. The van der Waals surface area contributed by atoms with Gasteiger partial charge in [-0.1, -0.05) is 12.2 Å². The average molecular weight is 310 g/mol. The second kappa shape index (κ2) is 4.26. The number of rotatable bonds is 1. The van der Waals surface area contributed by atoms with Gasteiger partial charge in [0.2, 0.25) is 11.8 Å². The van der Waals surface area contributed by atoms with E-state index in [4.69, 9.17) is 0 Å². The summed E-state index contributed by atoms with van der Waals surface area (Å²) in [6.45, 7) is 0. The third-order valence-electron chi connectivity index (χ3n) is 5.33. The summed E-state index contributed by atoms with van der Waals surface area (Å²) in [5.74, 6) is 0.157. The molecule has 2 fully saturated rings. The molecular weight excluding hydrogens is 296 g/mol. The highest BCUT2D eigenvalue weighted by Gasteiger charge is 2.56. The van der Waals surface area contributed by atoms with E-state index in [-0.39, 0.29) is 35.5 Å². The Balaban J connectivity index is 1.61. The molecule has 2 amide bonds. The smallest absolute Gasteiger partial charge is 0.238 e. The lowest BCUT2D eigenvalue weighted by Crippen LogP contribution is -2.38. The average Bonchev–Trinajstić information content (AvgIpc) is 3.12. The van der Waals surface area contributed by atoms with E-state index in [0.29, 0.717) is 5.69 Å². The Hall–Kier alpha value is -2.01. The summed E-state index contributed by atoms with van der Waals surface area (Å²) in [5, 5.41) is 0. The van der Waals surface area contributed by atoms with E-state index in [1.54, 1.807) is 5.51 Å². The van der Waals surface area contributed by atoms with Crippen molar-refractivity contribution in [1.82, 2.24) is 4.98 Å². The number of amides is 2. The first-order valence-corrected chi connectivity index (χ1v) is 8.51. The van der Waals surface area contributed by atoms with Crippen LogP contribution in [0, 0.1) is 23.7 Å². The maximum atomic E-state index is 12.9. The molecule has 4 aliphatic rings. The van der Waals surface area contributed by atoms with E-state index >= 15 is 0 Å². The first-order valence-electron chi connectivity index (χ1n) is 7.63. The van der Waals surface area contributed by atoms with Crippen LogP contribution in [0.2, 0.25) is 0 Å². The Morgan fingerprint density at radius 1 is 1.05 bits per heavy atom. The molecule has 0 spiro atoms. The van der Waals surface area contributed by atoms with E-state index in [1.807, 2.05) is 18.2 Å². The van der Waals surface area contributed by atoms with Crippen LogP contribution < -0.4 is 4.90 Å². The molecule has 4 atom stereocenters. The van der Waals surface area contributed by atoms with Gasteiger partial charge in [0.1, 0.15) is 0 Å². The van der Waals surface area contributed by atoms with Crippen molar-refractivity contribution >= 4 is 39.1 Å². The number of thiazole rings is 1. The van der Waals surface area contributed by atoms with E-state index in [0.717, 1.165) is 23.1 Å². The molecule has 1 saturated heterocycles. The summed E-state index contributed by atoms with van der Waals surface area (Å²) in [6.07, 6.45) is 6.36. The molecule has 2 bridgehead atoms. The highest BCUT2D eigenvalue weighted by molar-refractivity contribution is 7.16. The number of imide groups is 1. The molecule has 1 aromatic carbocycles. The van der Waals surface area contributed by atoms with E-state index in [9.17, 15) is 9.59 Å². The fourth-order valence-corrected chi connectivity index (χ4v) is 5.02. The second-order valence-electron chi connectivity index (χ2n) is 6.36. The summed E-state index contributed by atoms with van der Waals surface area (Å²) < 4.78 is 1.01. The molecular formula is C17H14N2O2S. The van der Waals surface area contributed by atoms with E-state index in [2.05, 4.69) is 17.1 Å². The monoisotopic (exact) mass is 310 g/mol. The van der Waals surface area contributed by atoms with Crippen molar-refractivity contribution in [3.63, 3.8) is 0 Å². The van der Waals surface area contributed by atoms with Gasteiger partial charge in [0.15, 0.2) is 0 Å². The van der Waals surface area contributed by atoms with Gasteiger partial charge < -0.3 is 0 Å². The molecule has 110 valence electrons. The maximum Gasteiger partial charge on any atom is 0.238 e. The zero-order chi connectivity index (χ0) is 14.8. The lowest BCUT2D eigenvalue weighted by molar-refractivity contribution is -0.124. The molecule has 0 unspecified atom stereocenters. The first-order chi connectivity index (χ1) is 10.7. The summed E-state index contributed by atoms with van der Waals surface area (Å²) in [6, 6.07) is 5.64. The standard InChI is InChI=1S/C17H14N2O2S/c20-16-14-9-1-2-10(4-3-9)15(14)17(21)19(16)11-5-6-12-13(7-11)22-8-18-12/h1-2,5-10,14-15H,3-4H2/t9-,10+,14-,15+. The topological polar surface area (TPSA) is 50.3 Å². The number of aromatic nitrogens is 1. The molecule has 4 nitrogen and oxygen atoms in total. The van der Waals surface area contributed by atoms with Gasteiger partial charge in [-0.05, 0) is 42.9 Å². The SMILES string of the molecule is O=C1[C@@H]2[C@H](C(=O)N1c1ccc3ncsc3c1)[C@@H]1C=C[C@H]2CC1. The predicted molar refractivity (Wildman–Crippen MR) is 84.4 cm³/mol. The Morgan fingerprint density at radius 2 is 1.73 bits per heavy atom. The maximum absolute atomic E-state index is 12.9. The Labute approximate surface area is 131 Å². The summed E-state index contributed by atoms with van der Waals surface area (Å²) >= 11 is 1.53. The Morgan fingerprint density at radius 3 is 2.36 bits per heavy atom. The molecule has 0 N–H and O–H groups in total. The number of allylic oxidation sites excluding steroid dienone is 2. The predicted octanol–water partition coefficient (Wildman–Crippen LogP) is 3.00. The van der Waals surface area contributed by atoms with Gasteiger partial charge in [0, 0.05) is 0 Å². The van der Waals surface area contributed by atoms with Gasteiger partial charge in [-0.15, -0.1) is 11.3 Å². The minimum absolute atomic E-state index is 0.0158. The zero-order valence-electron chi connectivity index (χ0n) is 11.8. The van der Waals surface area contributed by atoms with Crippen LogP contribution in [-0.4, -0.2) is 16.8 Å². The van der Waals surface area contributed by atoms with Crippen LogP contribution >= 0.6 is 11.3 Å². The highest BCUT2D eigenvalue weighted by Crippen LogP contribution is 2.50. The van der Waals surface area contributed by atoms with Gasteiger partial charge >= 0.3 is 0 Å². The van der Waals surface area contributed by atoms with Crippen molar-refractivity contribution < 1.29 is 9.59 Å². The van der Waals surface area contributed by atoms with Crippen molar-refractivity contribution in [1.29, 1.82) is 0 Å². The number of carbonyl (C=O) groups excluding carboxylic acids is 2. The van der Waals surface area contributed by atoms with Gasteiger partial charge in [-0.3, -0.25) is 9.59 Å². The van der Waals surface area contributed by atoms with Crippen molar-refractivity contribution in [2.24, 2.45) is 23.7 Å². The third kappa shape index (κ3) is 1.49. The van der Waals surface area contributed by atoms with Gasteiger partial charge in [0.25, 0.3) is 0 Å². The van der Waals surface area contributed by atoms with Gasteiger partial charge in [-0.2, -0.15) is 0 Å². The second-order valence-corrected chi connectivity index (χ2v) is 7.24. The van der Waals surface area contributed by atoms with Gasteiger partial charge in [0.05, 0.1) is 33.3 Å². The Kier molecular flexibility index (Phi) is 2.42. The number of carbonyl (C=O) groups is 2. The van der Waals surface area contributed by atoms with Crippen molar-refractivity contribution in [2.75, 3.05) is 4.90 Å². The fourth-order valence-electron chi connectivity index (χ4n) is 4.31. The first kappa shape index (κ1) is 12.5. The van der Waals surface area contributed by atoms with Crippen molar-refractivity contribution in [3.05, 3.63) is 35.9 Å². The zero-order valence-corrected chi connectivity index (χ0v) is 12.6. The number of anilines is 1. The number of hydrogen-bond donors (Lipinski definition) is 0. The molecule has 5 heteroatoms. The minimum atomic E-state index is -0.145. The van der Waals surface area contributed by atoms with Crippen LogP contribution in [0.15, 0.2) is 35.9 Å². The molecule has 2 heterocycles.